The summed E-state index contributed by atoms with van der Waals surface area (Å²) in [7, 11) is 4.87. The van der Waals surface area contributed by atoms with Crippen molar-refractivity contribution >= 4 is 16.9 Å². The number of aromatic nitrogens is 4. The van der Waals surface area contributed by atoms with Gasteiger partial charge in [-0.15, -0.1) is 6.42 Å². The van der Waals surface area contributed by atoms with Crippen molar-refractivity contribution in [3.05, 3.63) is 54.6 Å². The van der Waals surface area contributed by atoms with E-state index >= 15 is 0 Å². The molecule has 3 heterocycles. The second kappa shape index (κ2) is 7.93. The first-order valence-electron chi connectivity index (χ1n) is 10.6. The van der Waals surface area contributed by atoms with Gasteiger partial charge >= 0.3 is 0 Å². The summed E-state index contributed by atoms with van der Waals surface area (Å²) in [5, 5.41) is 14.3. The molecule has 0 saturated carbocycles. The van der Waals surface area contributed by atoms with Crippen LogP contribution >= 0.6 is 0 Å². The van der Waals surface area contributed by atoms with Crippen LogP contribution in [0.2, 0.25) is 0 Å². The highest BCUT2D eigenvalue weighted by Crippen LogP contribution is 2.36. The summed E-state index contributed by atoms with van der Waals surface area (Å²) in [5.41, 5.74) is 3.43. The zero-order valence-corrected chi connectivity index (χ0v) is 19.0. The van der Waals surface area contributed by atoms with Crippen molar-refractivity contribution < 1.29 is 19.4 Å². The van der Waals surface area contributed by atoms with Crippen LogP contribution in [-0.4, -0.2) is 68.2 Å². The number of carbonyl (C=O) groups excluding carboxylic acids is 1. The highest BCUT2D eigenvalue weighted by atomic mass is 16.5. The lowest BCUT2D eigenvalue weighted by Gasteiger charge is -2.43. The second-order valence-electron chi connectivity index (χ2n) is 8.28. The maximum atomic E-state index is 13.1. The molecule has 2 aromatic heterocycles. The number of terminal acetylenes is 1. The molecule has 1 aliphatic heterocycles. The Morgan fingerprint density at radius 3 is 2.44 bits per heavy atom. The van der Waals surface area contributed by atoms with Crippen molar-refractivity contribution in [3.8, 4) is 40.7 Å². The number of hydrogen-bond acceptors (Lipinski definition) is 6. The fraction of sp³-hybridized carbons (Fsp3) is 0.240. The minimum absolute atomic E-state index is 0.0574. The number of aryl methyl sites for hydroxylation is 1. The van der Waals surface area contributed by atoms with Gasteiger partial charge in [0.1, 0.15) is 23.4 Å². The number of aliphatic hydroxyl groups is 1. The normalized spacial score (nSPS) is 14.5. The molecule has 9 nitrogen and oxygen atoms in total. The number of nitrogens with zero attached hydrogens (tertiary/aromatic N) is 5. The SMILES string of the molecule is C#CC1(O)CN(C(=O)c2c(OC)cc(-n3cnc4cc(-c5cnn(C)c5)ccc43)cc2OC)C1. The van der Waals surface area contributed by atoms with Crippen LogP contribution in [0.3, 0.4) is 0 Å². The van der Waals surface area contributed by atoms with Crippen molar-refractivity contribution in [1.82, 2.24) is 24.2 Å². The molecule has 5 rings (SSSR count). The average Bonchev–Trinajstić information content (AvgIpc) is 3.46. The standard InChI is InChI=1S/C25H23N5O4/c1-5-25(32)13-29(14-25)24(31)23-21(33-3)9-18(10-22(23)34-4)30-15-26-19-8-16(6-7-20(19)30)17-11-27-28(2)12-17/h1,6-12,15,32H,13-14H2,2-4H3. The minimum atomic E-state index is -1.29. The van der Waals surface area contributed by atoms with Crippen LogP contribution in [0, 0.1) is 12.3 Å². The number of fused-ring (bicyclic) bond motifs is 1. The van der Waals surface area contributed by atoms with E-state index in [0.29, 0.717) is 11.5 Å². The summed E-state index contributed by atoms with van der Waals surface area (Å²) >= 11 is 0. The number of imidazole rings is 1. The first kappa shape index (κ1) is 21.6. The maximum Gasteiger partial charge on any atom is 0.261 e. The van der Waals surface area contributed by atoms with E-state index in [1.165, 1.54) is 19.1 Å². The lowest BCUT2D eigenvalue weighted by atomic mass is 9.94. The molecule has 2 aromatic carbocycles. The predicted molar refractivity (Wildman–Crippen MR) is 126 cm³/mol. The number of hydrogen-bond donors (Lipinski definition) is 1. The minimum Gasteiger partial charge on any atom is -0.496 e. The molecule has 1 aliphatic rings. The highest BCUT2D eigenvalue weighted by Gasteiger charge is 2.43. The van der Waals surface area contributed by atoms with E-state index in [0.717, 1.165) is 27.8 Å². The van der Waals surface area contributed by atoms with Gasteiger partial charge in [-0.2, -0.15) is 5.10 Å². The second-order valence-corrected chi connectivity index (χ2v) is 8.28. The number of amides is 1. The van der Waals surface area contributed by atoms with E-state index < -0.39 is 5.60 Å². The third kappa shape index (κ3) is 3.45. The van der Waals surface area contributed by atoms with E-state index in [2.05, 4.69) is 16.0 Å². The largest absolute Gasteiger partial charge is 0.496 e. The van der Waals surface area contributed by atoms with Gasteiger partial charge in [0.05, 0.1) is 50.2 Å². The molecule has 1 amide bonds. The Labute approximate surface area is 196 Å². The summed E-state index contributed by atoms with van der Waals surface area (Å²) in [4.78, 5) is 19.2. The zero-order valence-electron chi connectivity index (χ0n) is 19.0. The van der Waals surface area contributed by atoms with Crippen LogP contribution < -0.4 is 9.47 Å². The van der Waals surface area contributed by atoms with E-state index in [9.17, 15) is 9.90 Å². The van der Waals surface area contributed by atoms with Crippen LogP contribution in [0.4, 0.5) is 0 Å². The number of methoxy groups -OCH3 is 2. The van der Waals surface area contributed by atoms with Crippen molar-refractivity contribution in [1.29, 1.82) is 0 Å². The lowest BCUT2D eigenvalue weighted by Crippen LogP contribution is -2.62. The van der Waals surface area contributed by atoms with E-state index in [1.807, 2.05) is 42.2 Å². The molecule has 4 aromatic rings. The molecule has 172 valence electrons. The van der Waals surface area contributed by atoms with E-state index in [-0.39, 0.29) is 24.6 Å². The third-order valence-electron chi connectivity index (χ3n) is 6.03. The van der Waals surface area contributed by atoms with Gasteiger partial charge in [-0.3, -0.25) is 14.0 Å². The molecule has 0 radical (unpaired) electrons. The monoisotopic (exact) mass is 457 g/mol. The first-order valence-corrected chi connectivity index (χ1v) is 10.6. The Morgan fingerprint density at radius 2 is 1.85 bits per heavy atom. The molecule has 9 heteroatoms. The first-order chi connectivity index (χ1) is 16.4. The molecule has 1 saturated heterocycles. The molecule has 0 aliphatic carbocycles. The van der Waals surface area contributed by atoms with Crippen LogP contribution in [0.25, 0.3) is 27.8 Å². The number of β-amino-alcohol motifs (C(OH)–C–C–N with tert-alkyl or cyclic N) is 1. The fourth-order valence-electron chi connectivity index (χ4n) is 4.19. The lowest BCUT2D eigenvalue weighted by molar-refractivity contribution is -0.0389. The Hall–Kier alpha value is -4.29. The van der Waals surface area contributed by atoms with Crippen LogP contribution in [0.1, 0.15) is 10.4 Å². The molecular formula is C25H23N5O4. The molecule has 0 atom stereocenters. The summed E-state index contributed by atoms with van der Waals surface area (Å²) in [6.45, 7) is 0.115. The number of benzene rings is 2. The van der Waals surface area contributed by atoms with Gasteiger partial charge in [-0.05, 0) is 17.7 Å². The van der Waals surface area contributed by atoms with Gasteiger partial charge in [0, 0.05) is 30.9 Å². The number of ether oxygens (including phenoxy) is 2. The smallest absolute Gasteiger partial charge is 0.261 e. The van der Waals surface area contributed by atoms with Gasteiger partial charge in [-0.1, -0.05) is 12.0 Å². The highest BCUT2D eigenvalue weighted by molar-refractivity contribution is 6.01. The molecule has 0 bridgehead atoms. The predicted octanol–water partition coefficient (Wildman–Crippen LogP) is 2.26. The Bertz CT molecular complexity index is 1430. The van der Waals surface area contributed by atoms with Gasteiger partial charge in [0.2, 0.25) is 0 Å². The summed E-state index contributed by atoms with van der Waals surface area (Å²) < 4.78 is 14.8. The van der Waals surface area contributed by atoms with Gasteiger partial charge < -0.3 is 19.5 Å². The number of likely N-dealkylation sites (tertiary alicyclic amines) is 1. The summed E-state index contributed by atoms with van der Waals surface area (Å²) in [6, 6.07) is 9.54. The van der Waals surface area contributed by atoms with Crippen molar-refractivity contribution in [3.63, 3.8) is 0 Å². The Morgan fingerprint density at radius 1 is 1.15 bits per heavy atom. The van der Waals surface area contributed by atoms with Crippen LogP contribution in [0.5, 0.6) is 11.5 Å². The quantitative estimate of drug-likeness (QED) is 0.462. The van der Waals surface area contributed by atoms with Crippen molar-refractivity contribution in [2.75, 3.05) is 27.3 Å². The van der Waals surface area contributed by atoms with E-state index in [1.54, 1.807) is 23.1 Å². The third-order valence-corrected chi connectivity index (χ3v) is 6.03. The molecule has 34 heavy (non-hydrogen) atoms. The number of rotatable bonds is 5. The Balaban J connectivity index is 1.53. The van der Waals surface area contributed by atoms with Gasteiger partial charge in [0.15, 0.2) is 5.60 Å². The molecule has 0 spiro atoms. The van der Waals surface area contributed by atoms with E-state index in [4.69, 9.17) is 15.9 Å². The zero-order chi connectivity index (χ0) is 24.0. The van der Waals surface area contributed by atoms with Gasteiger partial charge in [-0.25, -0.2) is 4.98 Å². The summed E-state index contributed by atoms with van der Waals surface area (Å²) in [6.07, 6.45) is 10.8. The van der Waals surface area contributed by atoms with Crippen molar-refractivity contribution in [2.45, 2.75) is 5.60 Å². The Kier molecular flexibility index (Phi) is 5.03. The molecule has 1 N–H and O–H groups in total. The topological polar surface area (TPSA) is 94.6 Å². The summed E-state index contributed by atoms with van der Waals surface area (Å²) in [5.74, 6) is 2.70. The van der Waals surface area contributed by atoms with Gasteiger partial charge in [0.25, 0.3) is 5.91 Å². The maximum absolute atomic E-state index is 13.1. The molecule has 0 unspecified atom stereocenters. The van der Waals surface area contributed by atoms with Crippen LogP contribution in [0.15, 0.2) is 49.1 Å². The molecule has 1 fully saturated rings. The van der Waals surface area contributed by atoms with Crippen LogP contribution in [-0.2, 0) is 7.05 Å². The molecular weight excluding hydrogens is 434 g/mol. The van der Waals surface area contributed by atoms with Crippen molar-refractivity contribution in [2.24, 2.45) is 7.05 Å². The fourth-order valence-corrected chi connectivity index (χ4v) is 4.19. The average molecular weight is 457 g/mol. The number of carbonyl (C=O) groups is 1.